The average Bonchev–Trinajstić information content (AvgIpc) is 2.41. The minimum atomic E-state index is -0.0898. The highest BCUT2D eigenvalue weighted by Crippen LogP contribution is 2.36. The van der Waals surface area contributed by atoms with Crippen LogP contribution in [-0.4, -0.2) is 7.05 Å². The molecule has 0 aromatic heterocycles. The molecule has 0 saturated heterocycles. The van der Waals surface area contributed by atoms with Crippen molar-refractivity contribution in [2.24, 2.45) is 0 Å². The molecule has 1 nitrogen and oxygen atoms in total. The fraction of sp³-hybridized carbons (Fsp3) is 0.250. The number of hydrogen-bond acceptors (Lipinski definition) is 1. The zero-order chi connectivity index (χ0) is 14.9. The highest BCUT2D eigenvalue weighted by molar-refractivity contribution is 6.42. The maximum absolute atomic E-state index is 6.40. The van der Waals surface area contributed by atoms with E-state index >= 15 is 0 Å². The summed E-state index contributed by atoms with van der Waals surface area (Å²) in [7, 11) is 1.88. The predicted molar refractivity (Wildman–Crippen MR) is 88.3 cm³/mol. The van der Waals surface area contributed by atoms with Gasteiger partial charge in [-0.2, -0.15) is 0 Å². The SMILES string of the molecule is CNC(c1cc(C)c(C)cc1Cl)c1cccc(Cl)c1Cl. The fourth-order valence-electron chi connectivity index (χ4n) is 2.25. The summed E-state index contributed by atoms with van der Waals surface area (Å²) in [5.41, 5.74) is 4.29. The molecule has 1 unspecified atom stereocenters. The van der Waals surface area contributed by atoms with Crippen LogP contribution in [0.5, 0.6) is 0 Å². The van der Waals surface area contributed by atoms with E-state index in [2.05, 4.69) is 18.3 Å². The lowest BCUT2D eigenvalue weighted by Gasteiger charge is -2.21. The lowest BCUT2D eigenvalue weighted by atomic mass is 9.95. The molecule has 0 spiro atoms. The second kappa shape index (κ2) is 6.36. The first-order chi connectivity index (χ1) is 9.45. The number of hydrogen-bond donors (Lipinski definition) is 1. The third kappa shape index (κ3) is 2.96. The fourth-order valence-corrected chi connectivity index (χ4v) is 2.99. The largest absolute Gasteiger partial charge is 0.309 e. The first-order valence-corrected chi connectivity index (χ1v) is 7.47. The molecule has 0 fully saturated rings. The summed E-state index contributed by atoms with van der Waals surface area (Å²) in [5.74, 6) is 0. The smallest absolute Gasteiger partial charge is 0.0643 e. The van der Waals surface area contributed by atoms with E-state index in [4.69, 9.17) is 34.8 Å². The van der Waals surface area contributed by atoms with Crippen molar-refractivity contribution in [2.45, 2.75) is 19.9 Å². The standard InChI is InChI=1S/C16H16Cl3N/c1-9-7-12(14(18)8-10(9)2)16(20-3)11-5-4-6-13(17)15(11)19/h4-8,16,20H,1-3H3. The Bertz CT molecular complexity index is 638. The Morgan fingerprint density at radius 2 is 1.55 bits per heavy atom. The molecular weight excluding hydrogens is 313 g/mol. The van der Waals surface area contributed by atoms with Crippen LogP contribution in [0, 0.1) is 13.8 Å². The molecule has 2 rings (SSSR count). The van der Waals surface area contributed by atoms with Gasteiger partial charge in [0.25, 0.3) is 0 Å². The molecule has 0 radical (unpaired) electrons. The maximum Gasteiger partial charge on any atom is 0.0643 e. The van der Waals surface area contributed by atoms with E-state index in [0.29, 0.717) is 10.0 Å². The Kier molecular flexibility index (Phi) is 4.98. The van der Waals surface area contributed by atoms with E-state index in [1.807, 2.05) is 32.2 Å². The molecule has 0 aliphatic carbocycles. The van der Waals surface area contributed by atoms with Crippen molar-refractivity contribution < 1.29 is 0 Å². The topological polar surface area (TPSA) is 12.0 Å². The van der Waals surface area contributed by atoms with Gasteiger partial charge in [0.2, 0.25) is 0 Å². The van der Waals surface area contributed by atoms with Crippen molar-refractivity contribution in [3.05, 3.63) is 67.7 Å². The highest BCUT2D eigenvalue weighted by atomic mass is 35.5. The van der Waals surface area contributed by atoms with Gasteiger partial charge in [-0.25, -0.2) is 0 Å². The molecule has 4 heteroatoms. The summed E-state index contributed by atoms with van der Waals surface area (Å²) in [6.07, 6.45) is 0. The summed E-state index contributed by atoms with van der Waals surface area (Å²) in [5, 5.41) is 5.09. The molecule has 2 aromatic carbocycles. The molecule has 0 aliphatic heterocycles. The van der Waals surface area contributed by atoms with Gasteiger partial charge in [0.1, 0.15) is 0 Å². The average molecular weight is 329 g/mol. The van der Waals surface area contributed by atoms with Gasteiger partial charge in [0.05, 0.1) is 16.1 Å². The molecule has 1 atom stereocenters. The minimum absolute atomic E-state index is 0.0898. The van der Waals surface area contributed by atoms with Gasteiger partial charge in [0.15, 0.2) is 0 Å². The van der Waals surface area contributed by atoms with Crippen molar-refractivity contribution in [1.29, 1.82) is 0 Å². The third-order valence-corrected chi connectivity index (χ3v) is 4.67. The van der Waals surface area contributed by atoms with Crippen LogP contribution in [0.25, 0.3) is 0 Å². The van der Waals surface area contributed by atoms with Gasteiger partial charge in [0, 0.05) is 5.02 Å². The summed E-state index contributed by atoms with van der Waals surface area (Å²) < 4.78 is 0. The van der Waals surface area contributed by atoms with Gasteiger partial charge in [-0.1, -0.05) is 53.0 Å². The van der Waals surface area contributed by atoms with E-state index in [1.54, 1.807) is 6.07 Å². The number of aryl methyl sites for hydroxylation is 2. The first kappa shape index (κ1) is 15.7. The number of rotatable bonds is 3. The van der Waals surface area contributed by atoms with Crippen molar-refractivity contribution in [3.8, 4) is 0 Å². The Balaban J connectivity index is 2.58. The van der Waals surface area contributed by atoms with Crippen LogP contribution in [0.2, 0.25) is 15.1 Å². The van der Waals surface area contributed by atoms with Crippen molar-refractivity contribution in [1.82, 2.24) is 5.32 Å². The van der Waals surface area contributed by atoms with Gasteiger partial charge < -0.3 is 5.32 Å². The molecule has 2 aromatic rings. The van der Waals surface area contributed by atoms with E-state index in [0.717, 1.165) is 16.1 Å². The summed E-state index contributed by atoms with van der Waals surface area (Å²) in [6, 6.07) is 9.62. The van der Waals surface area contributed by atoms with Crippen LogP contribution in [0.4, 0.5) is 0 Å². The number of halogens is 3. The second-order valence-corrected chi connectivity index (χ2v) is 6.02. The maximum atomic E-state index is 6.40. The molecule has 20 heavy (non-hydrogen) atoms. The summed E-state index contributed by atoms with van der Waals surface area (Å²) in [6.45, 7) is 4.12. The first-order valence-electron chi connectivity index (χ1n) is 6.33. The summed E-state index contributed by atoms with van der Waals surface area (Å²) in [4.78, 5) is 0. The lowest BCUT2D eigenvalue weighted by Crippen LogP contribution is -2.19. The van der Waals surface area contributed by atoms with Crippen LogP contribution < -0.4 is 5.32 Å². The molecule has 0 heterocycles. The van der Waals surface area contributed by atoms with Crippen LogP contribution in [0.15, 0.2) is 30.3 Å². The zero-order valence-corrected chi connectivity index (χ0v) is 13.9. The predicted octanol–water partition coefficient (Wildman–Crippen LogP) is 5.57. The quantitative estimate of drug-likeness (QED) is 0.776. The van der Waals surface area contributed by atoms with Crippen molar-refractivity contribution in [2.75, 3.05) is 7.05 Å². The molecule has 0 amide bonds. The molecular formula is C16H16Cl3N. The number of nitrogens with one attached hydrogen (secondary N) is 1. The molecule has 0 aliphatic rings. The van der Waals surface area contributed by atoms with E-state index in [-0.39, 0.29) is 6.04 Å². The van der Waals surface area contributed by atoms with Crippen LogP contribution in [0.3, 0.4) is 0 Å². The van der Waals surface area contributed by atoms with Crippen LogP contribution in [0.1, 0.15) is 28.3 Å². The Hall–Kier alpha value is -0.730. The van der Waals surface area contributed by atoms with Gasteiger partial charge in [-0.3, -0.25) is 0 Å². The van der Waals surface area contributed by atoms with Crippen molar-refractivity contribution in [3.63, 3.8) is 0 Å². The van der Waals surface area contributed by atoms with E-state index in [1.165, 1.54) is 11.1 Å². The number of benzene rings is 2. The normalized spacial score (nSPS) is 12.5. The third-order valence-electron chi connectivity index (χ3n) is 3.51. The van der Waals surface area contributed by atoms with Gasteiger partial charge >= 0.3 is 0 Å². The van der Waals surface area contributed by atoms with E-state index < -0.39 is 0 Å². The molecule has 0 bridgehead atoms. The Morgan fingerprint density at radius 1 is 0.900 bits per heavy atom. The molecule has 0 saturated carbocycles. The van der Waals surface area contributed by atoms with Crippen molar-refractivity contribution >= 4 is 34.8 Å². The second-order valence-electron chi connectivity index (χ2n) is 4.82. The van der Waals surface area contributed by atoms with Crippen LogP contribution >= 0.6 is 34.8 Å². The van der Waals surface area contributed by atoms with Gasteiger partial charge in [-0.05, 0) is 55.3 Å². The van der Waals surface area contributed by atoms with E-state index in [9.17, 15) is 0 Å². The lowest BCUT2D eigenvalue weighted by molar-refractivity contribution is 0.691. The minimum Gasteiger partial charge on any atom is -0.309 e. The Labute approximate surface area is 134 Å². The molecule has 106 valence electrons. The van der Waals surface area contributed by atoms with Gasteiger partial charge in [-0.15, -0.1) is 0 Å². The Morgan fingerprint density at radius 3 is 2.20 bits per heavy atom. The zero-order valence-electron chi connectivity index (χ0n) is 11.6. The summed E-state index contributed by atoms with van der Waals surface area (Å²) >= 11 is 18.8. The monoisotopic (exact) mass is 327 g/mol. The van der Waals surface area contributed by atoms with Crippen LogP contribution in [-0.2, 0) is 0 Å². The molecule has 1 N–H and O–H groups in total. The highest BCUT2D eigenvalue weighted by Gasteiger charge is 2.19.